The zero-order chi connectivity index (χ0) is 21.1. The lowest BCUT2D eigenvalue weighted by molar-refractivity contribution is 0.251. The Morgan fingerprint density at radius 3 is 2.47 bits per heavy atom. The molecule has 0 bridgehead atoms. The third-order valence-electron chi connectivity index (χ3n) is 4.85. The van der Waals surface area contributed by atoms with E-state index in [0.29, 0.717) is 6.54 Å². The Bertz CT molecular complexity index is 1170. The van der Waals surface area contributed by atoms with Gasteiger partial charge < -0.3 is 15.2 Å². The van der Waals surface area contributed by atoms with Crippen molar-refractivity contribution in [2.75, 3.05) is 5.32 Å². The maximum Gasteiger partial charge on any atom is 0.319 e. The molecule has 0 aliphatic heterocycles. The molecule has 2 heterocycles. The number of aromatic nitrogens is 3. The number of halogens is 1. The van der Waals surface area contributed by atoms with Gasteiger partial charge in [-0.05, 0) is 61.9 Å². The van der Waals surface area contributed by atoms with Crippen LogP contribution in [0.3, 0.4) is 0 Å². The number of benzene rings is 2. The van der Waals surface area contributed by atoms with Gasteiger partial charge in [-0.3, -0.25) is 0 Å². The highest BCUT2D eigenvalue weighted by atomic mass is 79.9. The van der Waals surface area contributed by atoms with Gasteiger partial charge in [-0.15, -0.1) is 0 Å². The van der Waals surface area contributed by atoms with Crippen LogP contribution in [0.15, 0.2) is 77.5 Å². The van der Waals surface area contributed by atoms with Crippen LogP contribution in [-0.4, -0.2) is 20.4 Å². The van der Waals surface area contributed by atoms with E-state index in [9.17, 15) is 4.79 Å². The summed E-state index contributed by atoms with van der Waals surface area (Å²) in [4.78, 5) is 12.5. The van der Waals surface area contributed by atoms with Crippen molar-refractivity contribution >= 4 is 27.6 Å². The molecule has 6 nitrogen and oxygen atoms in total. The predicted molar refractivity (Wildman–Crippen MR) is 122 cm³/mol. The van der Waals surface area contributed by atoms with Gasteiger partial charge >= 0.3 is 6.03 Å². The summed E-state index contributed by atoms with van der Waals surface area (Å²) < 4.78 is 4.93. The first-order chi connectivity index (χ1) is 14.5. The molecule has 7 heteroatoms. The molecule has 0 spiro atoms. The number of amides is 2. The van der Waals surface area contributed by atoms with Crippen LogP contribution < -0.4 is 10.6 Å². The average Bonchev–Trinajstić information content (AvgIpc) is 3.37. The number of para-hydroxylation sites is 1. The van der Waals surface area contributed by atoms with Crippen LogP contribution in [0.5, 0.6) is 0 Å². The van der Waals surface area contributed by atoms with Gasteiger partial charge in [0.2, 0.25) is 0 Å². The summed E-state index contributed by atoms with van der Waals surface area (Å²) in [6, 6.07) is 19.4. The minimum Gasteiger partial charge on any atom is -0.334 e. The Morgan fingerprint density at radius 1 is 1.03 bits per heavy atom. The minimum absolute atomic E-state index is 0.262. The Kier molecular flexibility index (Phi) is 5.72. The first-order valence-corrected chi connectivity index (χ1v) is 10.4. The van der Waals surface area contributed by atoms with Crippen LogP contribution in [0.1, 0.15) is 16.8 Å². The minimum atomic E-state index is -0.262. The van der Waals surface area contributed by atoms with Crippen LogP contribution in [0.25, 0.3) is 11.5 Å². The second kappa shape index (κ2) is 8.59. The third-order valence-corrected chi connectivity index (χ3v) is 5.74. The standard InChI is InChI=1S/C23H22BrN5O/c1-16-14-18(10-11-21(16)24)26-23(30)25-15-20-17(2)27-29(19-8-4-3-5-9-19)22(20)28-12-6-7-13-28/h3-14H,15H2,1-2H3,(H2,25,26,30). The van der Waals surface area contributed by atoms with Crippen LogP contribution in [0, 0.1) is 13.8 Å². The Morgan fingerprint density at radius 2 is 1.77 bits per heavy atom. The molecule has 4 rings (SSSR count). The van der Waals surface area contributed by atoms with E-state index < -0.39 is 0 Å². The molecule has 152 valence electrons. The van der Waals surface area contributed by atoms with Crippen molar-refractivity contribution in [2.45, 2.75) is 20.4 Å². The van der Waals surface area contributed by atoms with E-state index in [1.165, 1.54) is 0 Å². The zero-order valence-corrected chi connectivity index (χ0v) is 18.3. The van der Waals surface area contributed by atoms with E-state index >= 15 is 0 Å². The monoisotopic (exact) mass is 463 g/mol. The van der Waals surface area contributed by atoms with Gasteiger partial charge in [0, 0.05) is 28.1 Å². The summed E-state index contributed by atoms with van der Waals surface area (Å²) in [5.74, 6) is 0.906. The van der Waals surface area contributed by atoms with E-state index in [0.717, 1.165) is 38.5 Å². The van der Waals surface area contributed by atoms with E-state index in [1.807, 2.05) is 96.2 Å². The number of urea groups is 1. The summed E-state index contributed by atoms with van der Waals surface area (Å²) >= 11 is 3.47. The smallest absolute Gasteiger partial charge is 0.319 e. The fourth-order valence-electron chi connectivity index (χ4n) is 3.31. The molecule has 0 unspecified atom stereocenters. The molecule has 2 aromatic carbocycles. The number of hydrogen-bond donors (Lipinski definition) is 2. The van der Waals surface area contributed by atoms with E-state index in [4.69, 9.17) is 5.10 Å². The molecule has 0 aliphatic rings. The highest BCUT2D eigenvalue weighted by molar-refractivity contribution is 9.10. The van der Waals surface area contributed by atoms with Crippen molar-refractivity contribution in [3.8, 4) is 11.5 Å². The maximum atomic E-state index is 12.5. The van der Waals surface area contributed by atoms with Crippen molar-refractivity contribution in [3.63, 3.8) is 0 Å². The summed E-state index contributed by atoms with van der Waals surface area (Å²) in [6.45, 7) is 4.30. The SMILES string of the molecule is Cc1cc(NC(=O)NCc2c(C)nn(-c3ccccc3)c2-n2cccc2)ccc1Br. The van der Waals surface area contributed by atoms with Crippen molar-refractivity contribution in [3.05, 3.63) is 94.4 Å². The molecule has 0 atom stereocenters. The van der Waals surface area contributed by atoms with Gasteiger partial charge in [-0.2, -0.15) is 5.10 Å². The van der Waals surface area contributed by atoms with Gasteiger partial charge in [0.1, 0.15) is 5.82 Å². The summed E-state index contributed by atoms with van der Waals surface area (Å²) in [7, 11) is 0. The number of aryl methyl sites for hydroxylation is 2. The molecule has 0 fully saturated rings. The van der Waals surface area contributed by atoms with Crippen molar-refractivity contribution < 1.29 is 4.79 Å². The van der Waals surface area contributed by atoms with E-state index in [-0.39, 0.29) is 6.03 Å². The van der Waals surface area contributed by atoms with Gasteiger partial charge in [0.05, 0.1) is 17.9 Å². The van der Waals surface area contributed by atoms with Crippen molar-refractivity contribution in [1.82, 2.24) is 19.7 Å². The second-order valence-electron chi connectivity index (χ2n) is 7.00. The summed E-state index contributed by atoms with van der Waals surface area (Å²) in [5, 5.41) is 10.6. The van der Waals surface area contributed by atoms with Crippen LogP contribution in [0.2, 0.25) is 0 Å². The summed E-state index contributed by atoms with van der Waals surface area (Å²) in [6.07, 6.45) is 3.95. The Labute approximate surface area is 183 Å². The van der Waals surface area contributed by atoms with E-state index in [2.05, 4.69) is 26.6 Å². The van der Waals surface area contributed by atoms with Crippen molar-refractivity contribution in [2.24, 2.45) is 0 Å². The molecule has 0 aliphatic carbocycles. The molecule has 4 aromatic rings. The molecule has 30 heavy (non-hydrogen) atoms. The lowest BCUT2D eigenvalue weighted by atomic mass is 10.2. The second-order valence-corrected chi connectivity index (χ2v) is 7.85. The Balaban J connectivity index is 1.59. The quantitative estimate of drug-likeness (QED) is 0.418. The summed E-state index contributed by atoms with van der Waals surface area (Å²) in [5.41, 5.74) is 4.59. The third kappa shape index (κ3) is 4.16. The van der Waals surface area contributed by atoms with Gasteiger partial charge in [0.25, 0.3) is 0 Å². The first kappa shape index (κ1) is 20.0. The molecule has 2 N–H and O–H groups in total. The van der Waals surface area contributed by atoms with Crippen molar-refractivity contribution in [1.29, 1.82) is 0 Å². The average molecular weight is 464 g/mol. The number of carbonyl (C=O) groups is 1. The Hall–Kier alpha value is -3.32. The van der Waals surface area contributed by atoms with Crippen LogP contribution in [0.4, 0.5) is 10.5 Å². The number of nitrogens with one attached hydrogen (secondary N) is 2. The van der Waals surface area contributed by atoms with Gasteiger partial charge in [-0.1, -0.05) is 34.1 Å². The molecule has 0 radical (unpaired) electrons. The van der Waals surface area contributed by atoms with Crippen LogP contribution in [-0.2, 0) is 6.54 Å². The number of rotatable bonds is 5. The normalized spacial score (nSPS) is 10.8. The largest absolute Gasteiger partial charge is 0.334 e. The molecule has 2 aromatic heterocycles. The number of anilines is 1. The molecular weight excluding hydrogens is 442 g/mol. The number of carbonyl (C=O) groups excluding carboxylic acids is 1. The number of nitrogens with zero attached hydrogens (tertiary/aromatic N) is 3. The fraction of sp³-hybridized carbons (Fsp3) is 0.130. The lowest BCUT2D eigenvalue weighted by Crippen LogP contribution is -2.28. The molecular formula is C23H22BrN5O. The maximum absolute atomic E-state index is 12.5. The lowest BCUT2D eigenvalue weighted by Gasteiger charge is -2.12. The highest BCUT2D eigenvalue weighted by Crippen LogP contribution is 2.23. The molecule has 0 saturated heterocycles. The van der Waals surface area contributed by atoms with Gasteiger partial charge in [-0.25, -0.2) is 9.48 Å². The number of hydrogen-bond acceptors (Lipinski definition) is 2. The first-order valence-electron chi connectivity index (χ1n) is 9.61. The van der Waals surface area contributed by atoms with Crippen LogP contribution >= 0.6 is 15.9 Å². The zero-order valence-electron chi connectivity index (χ0n) is 16.8. The predicted octanol–water partition coefficient (Wildman–Crippen LogP) is 5.36. The molecule has 0 saturated carbocycles. The van der Waals surface area contributed by atoms with E-state index in [1.54, 1.807) is 0 Å². The topological polar surface area (TPSA) is 63.9 Å². The fourth-order valence-corrected chi connectivity index (χ4v) is 3.56. The molecule has 2 amide bonds. The highest BCUT2D eigenvalue weighted by Gasteiger charge is 2.18. The van der Waals surface area contributed by atoms with Gasteiger partial charge in [0.15, 0.2) is 0 Å².